The van der Waals surface area contributed by atoms with Crippen LogP contribution < -0.4 is 5.32 Å². The van der Waals surface area contributed by atoms with Crippen molar-refractivity contribution in [1.82, 2.24) is 29.6 Å². The highest BCUT2D eigenvalue weighted by Gasteiger charge is 2.31. The van der Waals surface area contributed by atoms with E-state index < -0.39 is 5.60 Å². The molecule has 3 aromatic heterocycles. The number of carbonyl (C=O) groups excluding carboxylic acids is 2. The summed E-state index contributed by atoms with van der Waals surface area (Å²) < 4.78 is 7.39. The Morgan fingerprint density at radius 1 is 1.09 bits per heavy atom. The predicted molar refractivity (Wildman–Crippen MR) is 173 cm³/mol. The van der Waals surface area contributed by atoms with E-state index in [1.165, 1.54) is 11.3 Å². The van der Waals surface area contributed by atoms with Gasteiger partial charge in [-0.3, -0.25) is 9.48 Å². The molecule has 0 aliphatic carbocycles. The van der Waals surface area contributed by atoms with Gasteiger partial charge in [-0.25, -0.2) is 19.7 Å². The highest BCUT2D eigenvalue weighted by molar-refractivity contribution is 7.13. The number of hydrogen-bond acceptors (Lipinski definition) is 9. The third-order valence-corrected chi connectivity index (χ3v) is 8.85. The smallest absolute Gasteiger partial charge is 0.410 e. The quantitative estimate of drug-likeness (QED) is 0.208. The number of Topliss-reactive ketones (excluding diaryl/α,β-unsaturated/α-hetero) is 1. The monoisotopic (exact) mass is 615 g/mol. The Labute approximate surface area is 262 Å². The van der Waals surface area contributed by atoms with Gasteiger partial charge >= 0.3 is 6.09 Å². The minimum atomic E-state index is -0.521. The summed E-state index contributed by atoms with van der Waals surface area (Å²) in [5.74, 6) is 0.597. The number of nitrogens with one attached hydrogen (secondary N) is 1. The number of rotatable bonds is 8. The molecule has 0 unspecified atom stereocenters. The van der Waals surface area contributed by atoms with Crippen LogP contribution in [-0.4, -0.2) is 60.2 Å². The van der Waals surface area contributed by atoms with Crippen LogP contribution in [0.4, 0.5) is 16.4 Å². The van der Waals surface area contributed by atoms with Crippen LogP contribution in [0.1, 0.15) is 86.2 Å². The number of anilines is 2. The summed E-state index contributed by atoms with van der Waals surface area (Å²) in [7, 11) is 0. The molecule has 0 spiro atoms. The first-order chi connectivity index (χ1) is 20.7. The summed E-state index contributed by atoms with van der Waals surface area (Å²) in [6, 6.07) is 8.17. The number of ketones is 1. The normalized spacial score (nSPS) is 15.4. The molecule has 1 fully saturated rings. The van der Waals surface area contributed by atoms with E-state index >= 15 is 0 Å². The predicted octanol–water partition coefficient (Wildman–Crippen LogP) is 7.14. The number of hydrogen-bond donors (Lipinski definition) is 1. The molecule has 1 saturated heterocycles. The number of benzene rings is 1. The maximum Gasteiger partial charge on any atom is 0.410 e. The van der Waals surface area contributed by atoms with Crippen molar-refractivity contribution in [3.63, 3.8) is 0 Å². The first kappa shape index (κ1) is 31.3. The van der Waals surface area contributed by atoms with E-state index in [2.05, 4.69) is 60.2 Å². The Kier molecular flexibility index (Phi) is 8.88. The molecule has 0 radical (unpaired) electrons. The second-order valence-electron chi connectivity index (χ2n) is 13.3. The fourth-order valence-electron chi connectivity index (χ4n) is 5.02. The van der Waals surface area contributed by atoms with Crippen molar-refractivity contribution in [2.45, 2.75) is 84.8 Å². The summed E-state index contributed by atoms with van der Waals surface area (Å²) in [5.41, 5.74) is 4.21. The van der Waals surface area contributed by atoms with Crippen LogP contribution in [0.3, 0.4) is 0 Å². The fourth-order valence-corrected chi connectivity index (χ4v) is 5.96. The summed E-state index contributed by atoms with van der Waals surface area (Å²) in [5, 5.41) is 8.76. The van der Waals surface area contributed by atoms with E-state index in [-0.39, 0.29) is 23.3 Å². The molecular weight excluding hydrogens is 574 g/mol. The van der Waals surface area contributed by atoms with Gasteiger partial charge in [0.2, 0.25) is 5.95 Å². The molecule has 10 nitrogen and oxygen atoms in total. The zero-order chi connectivity index (χ0) is 31.6. The molecule has 0 saturated carbocycles. The average Bonchev–Trinajstić information content (AvgIpc) is 3.72. The van der Waals surface area contributed by atoms with Gasteiger partial charge in [0.05, 0.1) is 33.5 Å². The maximum atomic E-state index is 12.8. The van der Waals surface area contributed by atoms with Gasteiger partial charge < -0.3 is 15.0 Å². The molecule has 0 bridgehead atoms. The zero-order valence-corrected chi connectivity index (χ0v) is 27.4. The first-order valence-corrected chi connectivity index (χ1v) is 15.8. The van der Waals surface area contributed by atoms with Gasteiger partial charge in [0.25, 0.3) is 0 Å². The fraction of sp³-hybridized carbons (Fsp3) is 0.455. The van der Waals surface area contributed by atoms with Crippen molar-refractivity contribution in [2.75, 3.05) is 18.4 Å². The summed E-state index contributed by atoms with van der Waals surface area (Å²) in [6.45, 7) is 15.2. The average molecular weight is 616 g/mol. The summed E-state index contributed by atoms with van der Waals surface area (Å²) in [6.07, 6.45) is 8.72. The lowest BCUT2D eigenvalue weighted by molar-refractivity contribution is 0.0288. The third-order valence-electron chi connectivity index (χ3n) is 7.38. The number of amides is 1. The number of carbonyl (C=O) groups is 2. The molecule has 1 aliphatic rings. The standard InChI is InChI=1S/C33H41N7O3S/c1-21-16-23(9-8-22(21)10-11-27(41)28-18-35-29(44-28)32(2,3)4)26-12-14-34-30(38-26)37-24-17-36-40(19-24)25-13-15-39(20-25)31(42)43-33(5,6)7/h8-9,12,14,16-19,25H,10-11,13,15,20H2,1-7H3,(H,34,37,38)/t25-/m1/s1. The van der Waals surface area contributed by atoms with Crippen LogP contribution >= 0.6 is 11.3 Å². The van der Waals surface area contributed by atoms with E-state index in [4.69, 9.17) is 9.72 Å². The van der Waals surface area contributed by atoms with Gasteiger partial charge in [0, 0.05) is 49.1 Å². The Hall–Kier alpha value is -4.12. The van der Waals surface area contributed by atoms with E-state index in [9.17, 15) is 9.59 Å². The molecule has 4 aromatic rings. The molecule has 5 rings (SSSR count). The van der Waals surface area contributed by atoms with Gasteiger partial charge in [0.15, 0.2) is 5.78 Å². The topological polar surface area (TPSA) is 115 Å². The van der Waals surface area contributed by atoms with Gasteiger partial charge in [0.1, 0.15) is 5.60 Å². The van der Waals surface area contributed by atoms with Crippen LogP contribution in [-0.2, 0) is 16.6 Å². The molecule has 232 valence electrons. The van der Waals surface area contributed by atoms with Crippen LogP contribution in [0.5, 0.6) is 0 Å². The molecule has 1 atom stereocenters. The SMILES string of the molecule is Cc1cc(-c2ccnc(Nc3cnn([C@@H]4CCN(C(=O)OC(C)(C)C)C4)c3)n2)ccc1CCC(=O)c1cnc(C(C)(C)C)s1. The van der Waals surface area contributed by atoms with Crippen molar-refractivity contribution in [2.24, 2.45) is 0 Å². The van der Waals surface area contributed by atoms with Crippen LogP contribution in [0.15, 0.2) is 49.1 Å². The van der Waals surface area contributed by atoms with E-state index in [1.807, 2.05) is 43.8 Å². The van der Waals surface area contributed by atoms with Gasteiger partial charge in [-0.05, 0) is 63.8 Å². The van der Waals surface area contributed by atoms with Gasteiger partial charge in [-0.1, -0.05) is 32.9 Å². The molecule has 1 aromatic carbocycles. The Balaban J connectivity index is 1.19. The number of aromatic nitrogens is 5. The molecule has 1 aliphatic heterocycles. The van der Waals surface area contributed by atoms with Crippen molar-refractivity contribution in [1.29, 1.82) is 0 Å². The highest BCUT2D eigenvalue weighted by atomic mass is 32.1. The van der Waals surface area contributed by atoms with Crippen molar-refractivity contribution < 1.29 is 14.3 Å². The Morgan fingerprint density at radius 2 is 1.89 bits per heavy atom. The van der Waals surface area contributed by atoms with E-state index in [0.717, 1.165) is 44.4 Å². The number of ether oxygens (including phenoxy) is 1. The first-order valence-electron chi connectivity index (χ1n) is 15.0. The molecule has 44 heavy (non-hydrogen) atoms. The number of thiazole rings is 1. The largest absolute Gasteiger partial charge is 0.444 e. The van der Waals surface area contributed by atoms with E-state index in [0.29, 0.717) is 31.9 Å². The summed E-state index contributed by atoms with van der Waals surface area (Å²) in [4.78, 5) is 41.3. The third kappa shape index (κ3) is 7.68. The van der Waals surface area contributed by atoms with E-state index in [1.54, 1.807) is 23.5 Å². The summed E-state index contributed by atoms with van der Waals surface area (Å²) >= 11 is 1.49. The molecular formula is C33H41N7O3S. The van der Waals surface area contributed by atoms with Crippen molar-refractivity contribution >= 4 is 34.8 Å². The molecule has 4 heterocycles. The van der Waals surface area contributed by atoms with Crippen LogP contribution in [0, 0.1) is 6.92 Å². The number of nitrogens with zero attached hydrogens (tertiary/aromatic N) is 6. The minimum Gasteiger partial charge on any atom is -0.444 e. The van der Waals surface area contributed by atoms with Gasteiger partial charge in [-0.2, -0.15) is 5.10 Å². The lowest BCUT2D eigenvalue weighted by Crippen LogP contribution is -2.35. The lowest BCUT2D eigenvalue weighted by Gasteiger charge is -2.24. The van der Waals surface area contributed by atoms with Crippen LogP contribution in [0.2, 0.25) is 0 Å². The second kappa shape index (κ2) is 12.5. The highest BCUT2D eigenvalue weighted by Crippen LogP contribution is 2.29. The Bertz CT molecular complexity index is 1650. The molecule has 11 heteroatoms. The maximum absolute atomic E-state index is 12.8. The number of aryl methyl sites for hydroxylation is 2. The number of likely N-dealkylation sites (tertiary alicyclic amines) is 1. The van der Waals surface area contributed by atoms with Crippen LogP contribution in [0.25, 0.3) is 11.3 Å². The molecule has 1 amide bonds. The lowest BCUT2D eigenvalue weighted by atomic mass is 9.98. The van der Waals surface area contributed by atoms with Crippen molar-refractivity contribution in [3.05, 3.63) is 70.1 Å². The second-order valence-corrected chi connectivity index (χ2v) is 14.3. The van der Waals surface area contributed by atoms with Crippen molar-refractivity contribution in [3.8, 4) is 11.3 Å². The van der Waals surface area contributed by atoms with Gasteiger partial charge in [-0.15, -0.1) is 11.3 Å². The molecule has 1 N–H and O–H groups in total. The zero-order valence-electron chi connectivity index (χ0n) is 26.5. The minimum absolute atomic E-state index is 0.0590. The Morgan fingerprint density at radius 3 is 2.59 bits per heavy atom.